The van der Waals surface area contributed by atoms with E-state index in [1.54, 1.807) is 0 Å². The van der Waals surface area contributed by atoms with E-state index in [0.29, 0.717) is 6.54 Å². The van der Waals surface area contributed by atoms with Gasteiger partial charge in [0.1, 0.15) is 25.0 Å². The molecule has 0 bridgehead atoms. The molecular formula is C18H21N2O2+. The van der Waals surface area contributed by atoms with Crippen LogP contribution in [-0.2, 0) is 13.6 Å². The van der Waals surface area contributed by atoms with Crippen molar-refractivity contribution >= 4 is 11.0 Å². The van der Waals surface area contributed by atoms with E-state index in [2.05, 4.69) is 28.2 Å². The number of para-hydroxylation sites is 3. The van der Waals surface area contributed by atoms with Gasteiger partial charge >= 0.3 is 0 Å². The highest BCUT2D eigenvalue weighted by molar-refractivity contribution is 5.72. The molecule has 4 heteroatoms. The summed E-state index contributed by atoms with van der Waals surface area (Å²) in [6.07, 6.45) is -0.560. The molecular weight excluding hydrogens is 276 g/mol. The second-order valence-corrected chi connectivity index (χ2v) is 5.48. The Morgan fingerprint density at radius 2 is 1.77 bits per heavy atom. The average molecular weight is 297 g/mol. The maximum Gasteiger partial charge on any atom is 0.254 e. The van der Waals surface area contributed by atoms with E-state index in [0.717, 1.165) is 22.6 Å². The molecule has 4 nitrogen and oxygen atoms in total. The topological polar surface area (TPSA) is 38.3 Å². The van der Waals surface area contributed by atoms with Crippen molar-refractivity contribution in [2.75, 3.05) is 6.61 Å². The second-order valence-electron chi connectivity index (χ2n) is 5.48. The predicted molar refractivity (Wildman–Crippen MR) is 85.8 cm³/mol. The number of fused-ring (bicyclic) bond motifs is 1. The van der Waals surface area contributed by atoms with Gasteiger partial charge in [-0.3, -0.25) is 0 Å². The summed E-state index contributed by atoms with van der Waals surface area (Å²) in [6.45, 7) is 2.85. The van der Waals surface area contributed by atoms with Gasteiger partial charge in [-0.25, -0.2) is 9.13 Å². The largest absolute Gasteiger partial charge is 0.491 e. The fraction of sp³-hybridized carbons (Fsp3) is 0.278. The molecule has 114 valence electrons. The van der Waals surface area contributed by atoms with Crippen molar-refractivity contribution in [3.63, 3.8) is 0 Å². The standard InChI is InChI=1S/C18H21N2O2/c1-14-19(2)17-10-6-7-11-18(17)20(14)12-15(21)13-22-16-8-4-3-5-9-16/h3-11,15,21H,12-13H2,1-2H3/q+1/t15-/m0/s1. The zero-order chi connectivity index (χ0) is 15.5. The van der Waals surface area contributed by atoms with E-state index in [9.17, 15) is 5.11 Å². The minimum atomic E-state index is -0.560. The Kier molecular flexibility index (Phi) is 4.11. The number of hydrogen-bond donors (Lipinski definition) is 1. The quantitative estimate of drug-likeness (QED) is 0.733. The third-order valence-corrected chi connectivity index (χ3v) is 3.99. The number of aliphatic hydroxyl groups excluding tert-OH is 1. The molecule has 3 rings (SSSR count). The summed E-state index contributed by atoms with van der Waals surface area (Å²) < 4.78 is 9.90. The van der Waals surface area contributed by atoms with Gasteiger partial charge in [-0.2, -0.15) is 0 Å². The van der Waals surface area contributed by atoms with Crippen LogP contribution in [0.2, 0.25) is 0 Å². The summed E-state index contributed by atoms with van der Waals surface area (Å²) in [5.74, 6) is 1.89. The Morgan fingerprint density at radius 3 is 2.55 bits per heavy atom. The van der Waals surface area contributed by atoms with Crippen molar-refractivity contribution in [2.24, 2.45) is 7.05 Å². The van der Waals surface area contributed by atoms with Crippen LogP contribution in [0, 0.1) is 6.92 Å². The molecule has 0 saturated heterocycles. The van der Waals surface area contributed by atoms with Crippen molar-refractivity contribution in [1.82, 2.24) is 4.57 Å². The monoisotopic (exact) mass is 297 g/mol. The van der Waals surface area contributed by atoms with Crippen LogP contribution < -0.4 is 9.30 Å². The normalized spacial score (nSPS) is 12.5. The minimum absolute atomic E-state index is 0.277. The predicted octanol–water partition coefficient (Wildman–Crippen LogP) is 2.21. The number of ether oxygens (including phenoxy) is 1. The molecule has 0 aliphatic heterocycles. The van der Waals surface area contributed by atoms with Crippen molar-refractivity contribution in [2.45, 2.75) is 19.6 Å². The van der Waals surface area contributed by atoms with Crippen LogP contribution in [0.25, 0.3) is 11.0 Å². The van der Waals surface area contributed by atoms with Crippen molar-refractivity contribution < 1.29 is 14.4 Å². The van der Waals surface area contributed by atoms with Gasteiger partial charge in [0.15, 0.2) is 11.0 Å². The summed E-state index contributed by atoms with van der Waals surface area (Å²) in [5.41, 5.74) is 2.29. The first-order valence-corrected chi connectivity index (χ1v) is 7.46. The summed E-state index contributed by atoms with van der Waals surface area (Å²) in [7, 11) is 2.04. The third kappa shape index (κ3) is 2.83. The van der Waals surface area contributed by atoms with Crippen molar-refractivity contribution in [3.05, 3.63) is 60.4 Å². The van der Waals surface area contributed by atoms with Crippen LogP contribution in [0.15, 0.2) is 54.6 Å². The number of hydrogen-bond acceptors (Lipinski definition) is 2. The first-order chi connectivity index (χ1) is 10.7. The van der Waals surface area contributed by atoms with Gasteiger partial charge < -0.3 is 9.84 Å². The van der Waals surface area contributed by atoms with E-state index in [1.807, 2.05) is 49.5 Å². The zero-order valence-electron chi connectivity index (χ0n) is 12.9. The fourth-order valence-electron chi connectivity index (χ4n) is 2.71. The van der Waals surface area contributed by atoms with Crippen molar-refractivity contribution in [1.29, 1.82) is 0 Å². The van der Waals surface area contributed by atoms with Crippen molar-refractivity contribution in [3.8, 4) is 5.75 Å². The Bertz CT molecular complexity index is 765. The lowest BCUT2D eigenvalue weighted by Gasteiger charge is -2.11. The van der Waals surface area contributed by atoms with E-state index < -0.39 is 6.10 Å². The molecule has 1 N–H and O–H groups in total. The number of rotatable bonds is 5. The summed E-state index contributed by atoms with van der Waals surface area (Å²) >= 11 is 0. The average Bonchev–Trinajstić information content (AvgIpc) is 2.79. The molecule has 0 saturated carbocycles. The zero-order valence-corrected chi connectivity index (χ0v) is 12.9. The molecule has 1 heterocycles. The first-order valence-electron chi connectivity index (χ1n) is 7.46. The van der Waals surface area contributed by atoms with Crippen LogP contribution in [0.3, 0.4) is 0 Å². The molecule has 0 aliphatic carbocycles. The van der Waals surface area contributed by atoms with Crippen LogP contribution >= 0.6 is 0 Å². The van der Waals surface area contributed by atoms with E-state index in [1.165, 1.54) is 0 Å². The fourth-order valence-corrected chi connectivity index (χ4v) is 2.71. The molecule has 0 fully saturated rings. The number of aliphatic hydroxyl groups is 1. The summed E-state index contributed by atoms with van der Waals surface area (Å²) in [5, 5.41) is 10.3. The third-order valence-electron chi connectivity index (χ3n) is 3.99. The molecule has 1 atom stereocenters. The molecule has 22 heavy (non-hydrogen) atoms. The van der Waals surface area contributed by atoms with E-state index in [-0.39, 0.29) is 6.61 Å². The van der Waals surface area contributed by atoms with E-state index >= 15 is 0 Å². The lowest BCUT2D eigenvalue weighted by Crippen LogP contribution is -2.32. The highest BCUT2D eigenvalue weighted by Gasteiger charge is 2.21. The highest BCUT2D eigenvalue weighted by atomic mass is 16.5. The Balaban J connectivity index is 1.74. The van der Waals surface area contributed by atoms with Gasteiger partial charge in [-0.15, -0.1) is 0 Å². The number of imidazole rings is 1. The van der Waals surface area contributed by atoms with Crippen LogP contribution in [0.1, 0.15) is 5.82 Å². The molecule has 3 aromatic rings. The summed E-state index contributed by atoms with van der Waals surface area (Å²) in [6, 6.07) is 17.8. The highest BCUT2D eigenvalue weighted by Crippen LogP contribution is 2.15. The smallest absolute Gasteiger partial charge is 0.254 e. The summed E-state index contributed by atoms with van der Waals surface area (Å²) in [4.78, 5) is 0. The Labute approximate surface area is 130 Å². The van der Waals surface area contributed by atoms with Crippen LogP contribution in [0.5, 0.6) is 5.75 Å². The van der Waals surface area contributed by atoms with Gasteiger partial charge in [-0.1, -0.05) is 30.3 Å². The number of nitrogens with zero attached hydrogens (tertiary/aromatic N) is 2. The molecule has 2 aromatic carbocycles. The number of aryl methyl sites for hydroxylation is 1. The number of aromatic nitrogens is 2. The minimum Gasteiger partial charge on any atom is -0.491 e. The van der Waals surface area contributed by atoms with E-state index in [4.69, 9.17) is 4.74 Å². The van der Waals surface area contributed by atoms with Gasteiger partial charge in [-0.05, 0) is 24.3 Å². The molecule has 0 spiro atoms. The van der Waals surface area contributed by atoms with Crippen LogP contribution in [-0.4, -0.2) is 22.4 Å². The molecule has 0 amide bonds. The first kappa shape index (κ1) is 14.6. The lowest BCUT2D eigenvalue weighted by atomic mass is 10.3. The maximum atomic E-state index is 10.3. The molecule has 0 aliphatic rings. The Morgan fingerprint density at radius 1 is 1.09 bits per heavy atom. The van der Waals surface area contributed by atoms with Gasteiger partial charge in [0, 0.05) is 6.92 Å². The lowest BCUT2D eigenvalue weighted by molar-refractivity contribution is -0.652. The Hall–Kier alpha value is -2.33. The molecule has 1 aromatic heterocycles. The second kappa shape index (κ2) is 6.20. The number of benzene rings is 2. The van der Waals surface area contributed by atoms with Gasteiger partial charge in [0.25, 0.3) is 5.82 Å². The van der Waals surface area contributed by atoms with Crippen LogP contribution in [0.4, 0.5) is 0 Å². The SMILES string of the molecule is Cc1n(C[C@H](O)COc2ccccc2)c2ccccc2[n+]1C. The maximum absolute atomic E-state index is 10.3. The molecule has 0 unspecified atom stereocenters. The van der Waals surface area contributed by atoms with Gasteiger partial charge in [0.05, 0.1) is 7.05 Å². The van der Waals surface area contributed by atoms with Gasteiger partial charge in [0.2, 0.25) is 0 Å². The molecule has 0 radical (unpaired) electrons.